The zero-order chi connectivity index (χ0) is 13.3. The Morgan fingerprint density at radius 1 is 1.28 bits per heavy atom. The summed E-state index contributed by atoms with van der Waals surface area (Å²) in [4.78, 5) is 16.3. The van der Waals surface area contributed by atoms with E-state index in [1.54, 1.807) is 0 Å². The van der Waals surface area contributed by atoms with Gasteiger partial charge in [-0.15, -0.1) is 0 Å². The third-order valence-electron chi connectivity index (χ3n) is 3.02. The number of carbonyl (C=O) groups is 1. The van der Waals surface area contributed by atoms with E-state index in [-0.39, 0.29) is 11.9 Å². The van der Waals surface area contributed by atoms with E-state index in [9.17, 15) is 4.79 Å². The molecule has 0 fully saturated rings. The number of nitrogens with one attached hydrogen (secondary N) is 2. The molecule has 1 aliphatic heterocycles. The molecule has 1 aromatic rings. The van der Waals surface area contributed by atoms with Gasteiger partial charge in [0.1, 0.15) is 0 Å². The molecule has 2 rings (SSSR count). The van der Waals surface area contributed by atoms with Gasteiger partial charge >= 0.3 is 0 Å². The Bertz CT molecular complexity index is 506. The van der Waals surface area contributed by atoms with Gasteiger partial charge in [-0.1, -0.05) is 18.2 Å². The summed E-state index contributed by atoms with van der Waals surface area (Å²) >= 11 is 0. The van der Waals surface area contributed by atoms with E-state index in [1.165, 1.54) is 11.1 Å². The number of hydrogen-bond acceptors (Lipinski definition) is 3. The van der Waals surface area contributed by atoms with Gasteiger partial charge in [-0.3, -0.25) is 10.1 Å². The molecule has 1 amide bonds. The van der Waals surface area contributed by atoms with Crippen LogP contribution in [-0.4, -0.2) is 17.9 Å². The van der Waals surface area contributed by atoms with Crippen LogP contribution in [0.5, 0.6) is 0 Å². The average Bonchev–Trinajstić information content (AvgIpc) is 2.62. The first kappa shape index (κ1) is 12.6. The lowest BCUT2D eigenvalue weighted by Gasteiger charge is -2.07. The monoisotopic (exact) mass is 245 g/mol. The van der Waals surface area contributed by atoms with Crippen molar-refractivity contribution in [2.75, 3.05) is 0 Å². The molecule has 0 spiro atoms. The fourth-order valence-electron chi connectivity index (χ4n) is 1.91. The van der Waals surface area contributed by atoms with Gasteiger partial charge in [0.2, 0.25) is 0 Å². The molecule has 96 valence electrons. The minimum absolute atomic E-state index is 0.0681. The van der Waals surface area contributed by atoms with Crippen molar-refractivity contribution in [1.82, 2.24) is 10.6 Å². The second-order valence-corrected chi connectivity index (χ2v) is 5.01. The zero-order valence-electron chi connectivity index (χ0n) is 11.2. The van der Waals surface area contributed by atoms with Gasteiger partial charge in [-0.2, -0.15) is 0 Å². The van der Waals surface area contributed by atoms with Gasteiger partial charge in [0, 0.05) is 6.04 Å². The molecule has 0 aliphatic carbocycles. The first-order chi connectivity index (χ1) is 8.47. The summed E-state index contributed by atoms with van der Waals surface area (Å²) in [7, 11) is 0. The zero-order valence-corrected chi connectivity index (χ0v) is 11.2. The lowest BCUT2D eigenvalue weighted by atomic mass is 10.0. The lowest BCUT2D eigenvalue weighted by molar-refractivity contribution is -0.120. The van der Waals surface area contributed by atoms with Crippen LogP contribution in [-0.2, 0) is 4.79 Å². The Labute approximate surface area is 108 Å². The average molecular weight is 245 g/mol. The highest BCUT2D eigenvalue weighted by Gasteiger charge is 2.28. The molecule has 0 aromatic heterocycles. The van der Waals surface area contributed by atoms with Gasteiger partial charge in [0.05, 0.1) is 0 Å². The highest BCUT2D eigenvalue weighted by molar-refractivity contribution is 6.05. The Balaban J connectivity index is 2.24. The normalized spacial score (nSPS) is 18.8. The van der Waals surface area contributed by atoms with Crippen LogP contribution in [0, 0.1) is 13.8 Å². The van der Waals surface area contributed by atoms with Gasteiger partial charge in [-0.05, 0) is 44.4 Å². The highest BCUT2D eigenvalue weighted by Crippen LogP contribution is 2.23. The summed E-state index contributed by atoms with van der Waals surface area (Å²) in [5, 5.41) is 5.88. The predicted molar refractivity (Wildman–Crippen MR) is 72.5 cm³/mol. The Morgan fingerprint density at radius 3 is 2.61 bits per heavy atom. The maximum atomic E-state index is 11.9. The third kappa shape index (κ3) is 2.53. The molecule has 0 bridgehead atoms. The molecule has 1 aliphatic rings. The predicted octanol–water partition coefficient (Wildman–Crippen LogP) is 1.83. The summed E-state index contributed by atoms with van der Waals surface area (Å²) < 4.78 is 0. The van der Waals surface area contributed by atoms with E-state index in [0.29, 0.717) is 5.96 Å². The standard InChI is InChI=1S/C14H19N3O/c1-8(2)15-14-16-12(13(18)17-14)11-6-5-9(3)10(4)7-11/h5-8,12H,1-4H3,(H2,15,16,17,18). The number of guanidine groups is 1. The summed E-state index contributed by atoms with van der Waals surface area (Å²) in [5.74, 6) is 0.500. The summed E-state index contributed by atoms with van der Waals surface area (Å²) in [5.41, 5.74) is 3.35. The molecule has 4 heteroatoms. The van der Waals surface area contributed by atoms with Gasteiger partial charge < -0.3 is 5.32 Å². The van der Waals surface area contributed by atoms with E-state index >= 15 is 0 Å². The number of amides is 1. The van der Waals surface area contributed by atoms with Gasteiger partial charge in [0.15, 0.2) is 12.0 Å². The van der Waals surface area contributed by atoms with E-state index in [0.717, 1.165) is 5.56 Å². The third-order valence-corrected chi connectivity index (χ3v) is 3.02. The number of aliphatic imine (C=N–C) groups is 1. The smallest absolute Gasteiger partial charge is 0.256 e. The van der Waals surface area contributed by atoms with Crippen molar-refractivity contribution < 1.29 is 4.79 Å². The van der Waals surface area contributed by atoms with Crippen molar-refractivity contribution in [3.05, 3.63) is 34.9 Å². The Hall–Kier alpha value is -1.84. The Morgan fingerprint density at radius 2 is 2.00 bits per heavy atom. The van der Waals surface area contributed by atoms with Crippen molar-refractivity contribution in [2.24, 2.45) is 4.99 Å². The second kappa shape index (κ2) is 4.80. The first-order valence-electron chi connectivity index (χ1n) is 6.19. The molecule has 0 saturated carbocycles. The number of nitrogens with zero attached hydrogens (tertiary/aromatic N) is 1. The van der Waals surface area contributed by atoms with Gasteiger partial charge in [0.25, 0.3) is 5.91 Å². The summed E-state index contributed by atoms with van der Waals surface area (Å²) in [6.07, 6.45) is 0. The van der Waals surface area contributed by atoms with E-state index in [4.69, 9.17) is 0 Å². The van der Waals surface area contributed by atoms with Gasteiger partial charge in [-0.25, -0.2) is 4.99 Å². The van der Waals surface area contributed by atoms with Crippen LogP contribution in [0.1, 0.15) is 36.6 Å². The van der Waals surface area contributed by atoms with E-state index in [2.05, 4.69) is 22.5 Å². The molecule has 0 radical (unpaired) electrons. The number of aryl methyl sites for hydroxylation is 2. The van der Waals surface area contributed by atoms with Crippen LogP contribution in [0.25, 0.3) is 0 Å². The largest absolute Gasteiger partial charge is 0.354 e. The molecule has 4 nitrogen and oxygen atoms in total. The SMILES string of the molecule is Cc1ccc(C2N=C(NC(C)C)NC2=O)cc1C. The molecular formula is C14H19N3O. The molecule has 1 heterocycles. The summed E-state index contributed by atoms with van der Waals surface area (Å²) in [6.45, 7) is 8.13. The van der Waals surface area contributed by atoms with Crippen LogP contribution in [0.4, 0.5) is 0 Å². The highest BCUT2D eigenvalue weighted by atomic mass is 16.2. The van der Waals surface area contributed by atoms with Crippen LogP contribution < -0.4 is 10.6 Å². The number of benzene rings is 1. The fraction of sp³-hybridized carbons (Fsp3) is 0.429. The molecule has 2 N–H and O–H groups in total. The van der Waals surface area contributed by atoms with E-state index < -0.39 is 6.04 Å². The van der Waals surface area contributed by atoms with Crippen molar-refractivity contribution >= 4 is 11.9 Å². The number of carbonyl (C=O) groups excluding carboxylic acids is 1. The van der Waals surface area contributed by atoms with Crippen molar-refractivity contribution in [3.63, 3.8) is 0 Å². The molecule has 1 unspecified atom stereocenters. The molecular weight excluding hydrogens is 226 g/mol. The summed E-state index contributed by atoms with van der Waals surface area (Å²) in [6, 6.07) is 5.85. The second-order valence-electron chi connectivity index (χ2n) is 5.01. The quantitative estimate of drug-likeness (QED) is 0.835. The fourth-order valence-corrected chi connectivity index (χ4v) is 1.91. The first-order valence-corrected chi connectivity index (χ1v) is 6.19. The molecule has 1 aromatic carbocycles. The van der Waals surface area contributed by atoms with Crippen molar-refractivity contribution in [1.29, 1.82) is 0 Å². The molecule has 18 heavy (non-hydrogen) atoms. The maximum absolute atomic E-state index is 11.9. The van der Waals surface area contributed by atoms with Crippen LogP contribution >= 0.6 is 0 Å². The van der Waals surface area contributed by atoms with Crippen molar-refractivity contribution in [2.45, 2.75) is 39.8 Å². The maximum Gasteiger partial charge on any atom is 0.256 e. The number of rotatable bonds is 2. The van der Waals surface area contributed by atoms with E-state index in [1.807, 2.05) is 39.0 Å². The minimum Gasteiger partial charge on any atom is -0.354 e. The van der Waals surface area contributed by atoms with Crippen LogP contribution in [0.3, 0.4) is 0 Å². The van der Waals surface area contributed by atoms with Crippen molar-refractivity contribution in [3.8, 4) is 0 Å². The lowest BCUT2D eigenvalue weighted by Crippen LogP contribution is -2.40. The number of hydrogen-bond donors (Lipinski definition) is 2. The topological polar surface area (TPSA) is 53.5 Å². The van der Waals surface area contributed by atoms with Crippen LogP contribution in [0.15, 0.2) is 23.2 Å². The minimum atomic E-state index is -0.425. The Kier molecular flexibility index (Phi) is 3.36. The molecule has 0 saturated heterocycles. The molecule has 1 atom stereocenters. The van der Waals surface area contributed by atoms with Crippen LogP contribution in [0.2, 0.25) is 0 Å².